The highest BCUT2D eigenvalue weighted by Gasteiger charge is 2.04. The van der Waals surface area contributed by atoms with E-state index in [-0.39, 0.29) is 0 Å². The fraction of sp³-hybridized carbons (Fsp3) is 0.520. The predicted molar refractivity (Wildman–Crippen MR) is 127 cm³/mol. The number of para-hydroxylation sites is 1. The molecule has 0 amide bonds. The number of hydrogen-bond donors (Lipinski definition) is 1. The van der Waals surface area contributed by atoms with Gasteiger partial charge in [0.15, 0.2) is 0 Å². The highest BCUT2D eigenvalue weighted by atomic mass is 14.7. The zero-order valence-electron chi connectivity index (χ0n) is 19.2. The Hall–Kier alpha value is -1.76. The lowest BCUT2D eigenvalue weighted by Crippen LogP contribution is -1.77. The Balaban J connectivity index is -0.000000370. The minimum atomic E-state index is 0.884. The molecule has 0 aliphatic rings. The SMILES string of the molecule is C=Cc1c(/C=C\C)[nH]c2ccccc12.CC.CC.CCC.CCC(C)C. The fourth-order valence-electron chi connectivity index (χ4n) is 1.70. The van der Waals surface area contributed by atoms with E-state index in [2.05, 4.69) is 64.4 Å². The van der Waals surface area contributed by atoms with Crippen molar-refractivity contribution in [3.05, 3.63) is 48.2 Å². The normalized spacial score (nSPS) is 9.04. The van der Waals surface area contributed by atoms with E-state index in [1.54, 1.807) is 0 Å². The van der Waals surface area contributed by atoms with E-state index in [9.17, 15) is 0 Å². The lowest BCUT2D eigenvalue weighted by atomic mass is 10.1. The van der Waals surface area contributed by atoms with Crippen LogP contribution in [0.1, 0.15) is 93.3 Å². The van der Waals surface area contributed by atoms with Gasteiger partial charge in [-0.15, -0.1) is 0 Å². The van der Waals surface area contributed by atoms with Crippen molar-refractivity contribution < 1.29 is 0 Å². The van der Waals surface area contributed by atoms with Crippen LogP contribution in [0, 0.1) is 5.92 Å². The van der Waals surface area contributed by atoms with Crippen LogP contribution in [0.2, 0.25) is 0 Å². The van der Waals surface area contributed by atoms with Crippen molar-refractivity contribution in [2.75, 3.05) is 0 Å². The van der Waals surface area contributed by atoms with Crippen LogP contribution in [0.25, 0.3) is 23.1 Å². The van der Waals surface area contributed by atoms with Gasteiger partial charge < -0.3 is 4.98 Å². The largest absolute Gasteiger partial charge is 0.355 e. The van der Waals surface area contributed by atoms with Crippen molar-refractivity contribution in [2.45, 2.75) is 82.1 Å². The van der Waals surface area contributed by atoms with Gasteiger partial charge in [-0.25, -0.2) is 0 Å². The van der Waals surface area contributed by atoms with Crippen molar-refractivity contribution in [3.63, 3.8) is 0 Å². The van der Waals surface area contributed by atoms with Crippen molar-refractivity contribution in [2.24, 2.45) is 5.92 Å². The monoisotopic (exact) mass is 359 g/mol. The van der Waals surface area contributed by atoms with Crippen LogP contribution in [-0.2, 0) is 0 Å². The third-order valence-corrected chi connectivity index (χ3v) is 3.13. The summed E-state index contributed by atoms with van der Waals surface area (Å²) in [5.74, 6) is 0.884. The van der Waals surface area contributed by atoms with Crippen molar-refractivity contribution in [1.82, 2.24) is 4.98 Å². The molecule has 0 spiro atoms. The number of rotatable bonds is 3. The molecule has 0 bridgehead atoms. The number of fused-ring (bicyclic) bond motifs is 1. The molecule has 0 fully saturated rings. The first-order chi connectivity index (χ1) is 12.5. The molecule has 1 heterocycles. The van der Waals surface area contributed by atoms with Crippen LogP contribution in [0.3, 0.4) is 0 Å². The Morgan fingerprint density at radius 3 is 1.85 bits per heavy atom. The molecule has 1 aromatic carbocycles. The Bertz CT molecular complexity index is 559. The summed E-state index contributed by atoms with van der Waals surface area (Å²) in [6.45, 7) is 24.7. The molecule has 2 rings (SSSR count). The molecule has 2 aromatic rings. The molecule has 0 atom stereocenters. The molecule has 26 heavy (non-hydrogen) atoms. The van der Waals surface area contributed by atoms with Crippen LogP contribution in [0.15, 0.2) is 36.9 Å². The summed E-state index contributed by atoms with van der Waals surface area (Å²) in [7, 11) is 0. The van der Waals surface area contributed by atoms with E-state index < -0.39 is 0 Å². The van der Waals surface area contributed by atoms with Crippen LogP contribution >= 0.6 is 0 Å². The number of aromatic nitrogens is 1. The minimum Gasteiger partial charge on any atom is -0.355 e. The van der Waals surface area contributed by atoms with Gasteiger partial charge in [0.25, 0.3) is 0 Å². The minimum absolute atomic E-state index is 0.884. The molecule has 150 valence electrons. The van der Waals surface area contributed by atoms with Gasteiger partial charge in [0.1, 0.15) is 0 Å². The van der Waals surface area contributed by atoms with Crippen LogP contribution in [0.4, 0.5) is 0 Å². The van der Waals surface area contributed by atoms with Gasteiger partial charge in [0.2, 0.25) is 0 Å². The Labute approximate surface area is 164 Å². The second kappa shape index (κ2) is 21.3. The van der Waals surface area contributed by atoms with E-state index in [0.717, 1.165) is 17.1 Å². The summed E-state index contributed by atoms with van der Waals surface area (Å²) < 4.78 is 0. The summed E-state index contributed by atoms with van der Waals surface area (Å²) >= 11 is 0. The number of hydrogen-bond acceptors (Lipinski definition) is 0. The molecule has 0 radical (unpaired) electrons. The van der Waals surface area contributed by atoms with Gasteiger partial charge in [-0.1, -0.05) is 112 Å². The molecular formula is C25H45N. The molecule has 0 saturated carbocycles. The van der Waals surface area contributed by atoms with Crippen LogP contribution in [-0.4, -0.2) is 4.98 Å². The average Bonchev–Trinajstić information content (AvgIpc) is 3.03. The van der Waals surface area contributed by atoms with Gasteiger partial charge in [-0.05, 0) is 25.0 Å². The van der Waals surface area contributed by atoms with E-state index in [1.165, 1.54) is 23.8 Å². The summed E-state index contributed by atoms with van der Waals surface area (Å²) in [6.07, 6.45) is 8.54. The standard InChI is InChI=1S/C13H13N.C5H12.C3H8.2C2H6/c1-3-7-12-10(4-2)11-8-5-6-9-13(11)14-12;1-4-5(2)3;1-3-2;2*1-2/h3-9,14H,2H2,1H3;5H,4H2,1-3H3;3H2,1-2H3;2*1-2H3/b7-3-;;;;. The zero-order valence-corrected chi connectivity index (χ0v) is 19.2. The van der Waals surface area contributed by atoms with Gasteiger partial charge in [0, 0.05) is 22.2 Å². The third-order valence-electron chi connectivity index (χ3n) is 3.13. The number of H-pyrrole nitrogens is 1. The maximum atomic E-state index is 3.84. The summed E-state index contributed by atoms with van der Waals surface area (Å²) in [5, 5.41) is 1.23. The molecule has 1 N–H and O–H groups in total. The first-order valence-electron chi connectivity index (χ1n) is 10.4. The molecule has 1 heteroatoms. The molecule has 0 saturated heterocycles. The number of benzene rings is 1. The zero-order chi connectivity index (χ0) is 21.0. The van der Waals surface area contributed by atoms with Gasteiger partial charge in [-0.3, -0.25) is 0 Å². The highest BCUT2D eigenvalue weighted by molar-refractivity contribution is 5.92. The van der Waals surface area contributed by atoms with Crippen LogP contribution < -0.4 is 0 Å². The van der Waals surface area contributed by atoms with Crippen molar-refractivity contribution in [3.8, 4) is 0 Å². The number of nitrogens with one attached hydrogen (secondary N) is 1. The molecule has 0 aliphatic carbocycles. The van der Waals surface area contributed by atoms with E-state index >= 15 is 0 Å². The second-order valence-electron chi connectivity index (χ2n) is 5.71. The Morgan fingerprint density at radius 1 is 1.00 bits per heavy atom. The topological polar surface area (TPSA) is 15.8 Å². The maximum absolute atomic E-state index is 3.84. The van der Waals surface area contributed by atoms with Crippen LogP contribution in [0.5, 0.6) is 0 Å². The second-order valence-corrected chi connectivity index (χ2v) is 5.71. The fourth-order valence-corrected chi connectivity index (χ4v) is 1.70. The maximum Gasteiger partial charge on any atom is 0.0464 e. The first kappa shape index (κ1) is 29.0. The highest BCUT2D eigenvalue weighted by Crippen LogP contribution is 2.24. The average molecular weight is 360 g/mol. The molecule has 1 nitrogen and oxygen atoms in total. The molecule has 1 aromatic heterocycles. The van der Waals surface area contributed by atoms with Gasteiger partial charge in [-0.2, -0.15) is 0 Å². The molecule has 0 aliphatic heterocycles. The lowest BCUT2D eigenvalue weighted by molar-refractivity contribution is 0.626. The van der Waals surface area contributed by atoms with Crippen molar-refractivity contribution >= 4 is 23.1 Å². The first-order valence-corrected chi connectivity index (χ1v) is 10.4. The van der Waals surface area contributed by atoms with Crippen molar-refractivity contribution in [1.29, 1.82) is 0 Å². The summed E-state index contributed by atoms with van der Waals surface area (Å²) in [4.78, 5) is 3.36. The number of aromatic amines is 1. The van der Waals surface area contributed by atoms with E-state index in [1.807, 2.05) is 58.9 Å². The smallest absolute Gasteiger partial charge is 0.0464 e. The van der Waals surface area contributed by atoms with E-state index in [4.69, 9.17) is 0 Å². The van der Waals surface area contributed by atoms with Gasteiger partial charge in [0.05, 0.1) is 0 Å². The Morgan fingerprint density at radius 2 is 1.46 bits per heavy atom. The quantitative estimate of drug-likeness (QED) is 0.561. The third kappa shape index (κ3) is 12.6. The summed E-state index contributed by atoms with van der Waals surface area (Å²) in [6, 6.07) is 8.26. The summed E-state index contributed by atoms with van der Waals surface area (Å²) in [5.41, 5.74) is 3.47. The molecular weight excluding hydrogens is 314 g/mol. The molecule has 0 unspecified atom stereocenters. The van der Waals surface area contributed by atoms with E-state index in [0.29, 0.717) is 0 Å². The number of allylic oxidation sites excluding steroid dienone is 1. The van der Waals surface area contributed by atoms with Gasteiger partial charge >= 0.3 is 0 Å². The Kier molecular flexibility index (Phi) is 23.8. The lowest BCUT2D eigenvalue weighted by Gasteiger charge is -1.91. The predicted octanol–water partition coefficient (Wildman–Crippen LogP) is 9.37.